The van der Waals surface area contributed by atoms with E-state index in [1.54, 1.807) is 24.3 Å². The van der Waals surface area contributed by atoms with Crippen LogP contribution < -0.4 is 15.6 Å². The van der Waals surface area contributed by atoms with Crippen molar-refractivity contribution in [2.24, 2.45) is 0 Å². The van der Waals surface area contributed by atoms with Gasteiger partial charge in [0.05, 0.1) is 22.7 Å². The van der Waals surface area contributed by atoms with Crippen LogP contribution in [-0.2, 0) is 17.6 Å². The SMILES string of the molecule is N#Cc1ccc(OCC(=O)NNC(=O)c2c3c(nc4ccccc24)CCC3)cc1. The first-order valence-electron chi connectivity index (χ1n) is 9.28. The highest BCUT2D eigenvalue weighted by Gasteiger charge is 2.23. The van der Waals surface area contributed by atoms with Crippen molar-refractivity contribution in [1.82, 2.24) is 15.8 Å². The predicted molar refractivity (Wildman–Crippen MR) is 106 cm³/mol. The largest absolute Gasteiger partial charge is 0.484 e. The molecule has 0 atom stereocenters. The Balaban J connectivity index is 1.42. The summed E-state index contributed by atoms with van der Waals surface area (Å²) >= 11 is 0. The van der Waals surface area contributed by atoms with Gasteiger partial charge in [-0.25, -0.2) is 0 Å². The Morgan fingerprint density at radius 3 is 2.66 bits per heavy atom. The standard InChI is InChI=1S/C22H18N4O3/c23-12-14-8-10-15(11-9-14)29-13-20(27)25-26-22(28)21-16-4-1-2-6-18(16)24-19-7-3-5-17(19)21/h1-2,4,6,8-11H,3,5,7,13H2,(H,25,27)(H,26,28). The lowest BCUT2D eigenvalue weighted by atomic mass is 10.0. The number of carbonyl (C=O) groups excluding carboxylic acids is 2. The molecule has 3 aromatic rings. The molecular formula is C22H18N4O3. The van der Waals surface area contributed by atoms with Crippen molar-refractivity contribution < 1.29 is 14.3 Å². The van der Waals surface area contributed by atoms with Crippen LogP contribution in [0.2, 0.25) is 0 Å². The first kappa shape index (κ1) is 18.4. The van der Waals surface area contributed by atoms with Crippen LogP contribution in [0.25, 0.3) is 10.9 Å². The van der Waals surface area contributed by atoms with Gasteiger partial charge in [0.25, 0.3) is 11.8 Å². The van der Waals surface area contributed by atoms with Crippen molar-refractivity contribution >= 4 is 22.7 Å². The van der Waals surface area contributed by atoms with Crippen molar-refractivity contribution in [1.29, 1.82) is 5.26 Å². The van der Waals surface area contributed by atoms with Crippen LogP contribution in [0.4, 0.5) is 0 Å². The number of hydrazine groups is 1. The highest BCUT2D eigenvalue weighted by molar-refractivity contribution is 6.08. The number of carbonyl (C=O) groups is 2. The van der Waals surface area contributed by atoms with Gasteiger partial charge in [-0.3, -0.25) is 25.4 Å². The van der Waals surface area contributed by atoms with Crippen molar-refractivity contribution in [2.75, 3.05) is 6.61 Å². The fraction of sp³-hybridized carbons (Fsp3) is 0.182. The lowest BCUT2D eigenvalue weighted by Gasteiger charge is -2.13. The monoisotopic (exact) mass is 386 g/mol. The molecule has 2 N–H and O–H groups in total. The van der Waals surface area contributed by atoms with Gasteiger partial charge in [0.1, 0.15) is 5.75 Å². The van der Waals surface area contributed by atoms with Gasteiger partial charge in [0.15, 0.2) is 6.61 Å². The summed E-state index contributed by atoms with van der Waals surface area (Å²) in [4.78, 5) is 29.6. The van der Waals surface area contributed by atoms with E-state index >= 15 is 0 Å². The van der Waals surface area contributed by atoms with E-state index in [1.165, 1.54) is 0 Å². The molecule has 0 saturated heterocycles. The van der Waals surface area contributed by atoms with E-state index in [4.69, 9.17) is 10.00 Å². The molecule has 7 nitrogen and oxygen atoms in total. The molecule has 7 heteroatoms. The number of fused-ring (bicyclic) bond motifs is 2. The first-order chi connectivity index (χ1) is 14.2. The second-order valence-electron chi connectivity index (χ2n) is 6.71. The summed E-state index contributed by atoms with van der Waals surface area (Å²) in [5.74, 6) is -0.394. The highest BCUT2D eigenvalue weighted by Crippen LogP contribution is 2.29. The molecule has 0 unspecified atom stereocenters. The van der Waals surface area contributed by atoms with Crippen LogP contribution in [0, 0.1) is 11.3 Å². The minimum Gasteiger partial charge on any atom is -0.484 e. The maximum Gasteiger partial charge on any atom is 0.276 e. The number of nitriles is 1. The average Bonchev–Trinajstić information content (AvgIpc) is 3.22. The fourth-order valence-corrected chi connectivity index (χ4v) is 3.47. The zero-order valence-electron chi connectivity index (χ0n) is 15.6. The molecule has 29 heavy (non-hydrogen) atoms. The summed E-state index contributed by atoms with van der Waals surface area (Å²) in [5.41, 5.74) is 8.62. The molecule has 4 rings (SSSR count). The van der Waals surface area contributed by atoms with Gasteiger partial charge in [0.2, 0.25) is 0 Å². The van der Waals surface area contributed by atoms with E-state index in [1.807, 2.05) is 30.3 Å². The Bertz CT molecular complexity index is 1130. The summed E-state index contributed by atoms with van der Waals surface area (Å²) in [7, 11) is 0. The Morgan fingerprint density at radius 2 is 1.86 bits per heavy atom. The first-order valence-corrected chi connectivity index (χ1v) is 9.28. The lowest BCUT2D eigenvalue weighted by molar-refractivity contribution is -0.123. The Morgan fingerprint density at radius 1 is 1.07 bits per heavy atom. The van der Waals surface area contributed by atoms with E-state index in [-0.39, 0.29) is 12.5 Å². The van der Waals surface area contributed by atoms with Gasteiger partial charge in [-0.1, -0.05) is 18.2 Å². The number of aromatic nitrogens is 1. The fourth-order valence-electron chi connectivity index (χ4n) is 3.47. The van der Waals surface area contributed by atoms with Crippen LogP contribution in [0.3, 0.4) is 0 Å². The molecule has 1 aromatic heterocycles. The maximum atomic E-state index is 12.8. The zero-order valence-corrected chi connectivity index (χ0v) is 15.6. The van der Waals surface area contributed by atoms with Crippen LogP contribution in [0.1, 0.15) is 33.6 Å². The topological polar surface area (TPSA) is 104 Å². The van der Waals surface area contributed by atoms with Crippen molar-refractivity contribution in [3.05, 3.63) is 70.9 Å². The highest BCUT2D eigenvalue weighted by atomic mass is 16.5. The van der Waals surface area contributed by atoms with Gasteiger partial charge >= 0.3 is 0 Å². The van der Waals surface area contributed by atoms with E-state index < -0.39 is 5.91 Å². The summed E-state index contributed by atoms with van der Waals surface area (Å²) in [5, 5.41) is 9.56. The van der Waals surface area contributed by atoms with Gasteiger partial charge in [-0.05, 0) is 55.2 Å². The number of ether oxygens (including phenoxy) is 1. The van der Waals surface area contributed by atoms with Crippen molar-refractivity contribution in [3.63, 3.8) is 0 Å². The minimum absolute atomic E-state index is 0.263. The lowest BCUT2D eigenvalue weighted by Crippen LogP contribution is -2.44. The Kier molecular flexibility index (Phi) is 5.08. The third-order valence-corrected chi connectivity index (χ3v) is 4.82. The molecule has 0 fully saturated rings. The van der Waals surface area contributed by atoms with Gasteiger partial charge in [-0.15, -0.1) is 0 Å². The van der Waals surface area contributed by atoms with Crippen LogP contribution in [0.15, 0.2) is 48.5 Å². The minimum atomic E-state index is -0.488. The van der Waals surface area contributed by atoms with Gasteiger partial charge in [0, 0.05) is 11.1 Å². The van der Waals surface area contributed by atoms with Crippen molar-refractivity contribution in [2.45, 2.75) is 19.3 Å². The summed E-state index contributed by atoms with van der Waals surface area (Å²) < 4.78 is 5.37. The van der Waals surface area contributed by atoms with Crippen LogP contribution in [0.5, 0.6) is 5.75 Å². The molecule has 0 spiro atoms. The molecule has 0 bridgehead atoms. The summed E-state index contributed by atoms with van der Waals surface area (Å²) in [6.45, 7) is -0.263. The predicted octanol–water partition coefficient (Wildman–Crippen LogP) is 2.44. The Hall–Kier alpha value is -3.92. The van der Waals surface area contributed by atoms with Crippen LogP contribution >= 0.6 is 0 Å². The Labute approximate surface area is 167 Å². The number of nitrogens with one attached hydrogen (secondary N) is 2. The molecule has 1 aliphatic carbocycles. The number of aryl methyl sites for hydroxylation is 1. The third kappa shape index (κ3) is 3.87. The smallest absolute Gasteiger partial charge is 0.276 e. The number of rotatable bonds is 4. The van der Waals surface area contributed by atoms with Gasteiger partial charge in [-0.2, -0.15) is 5.26 Å². The number of hydrogen-bond donors (Lipinski definition) is 2. The molecular weight excluding hydrogens is 368 g/mol. The van der Waals surface area contributed by atoms with E-state index in [0.29, 0.717) is 16.9 Å². The number of hydrogen-bond acceptors (Lipinski definition) is 5. The van der Waals surface area contributed by atoms with Crippen molar-refractivity contribution in [3.8, 4) is 11.8 Å². The van der Waals surface area contributed by atoms with E-state index in [0.717, 1.165) is 41.4 Å². The second kappa shape index (κ2) is 7.98. The van der Waals surface area contributed by atoms with Gasteiger partial charge < -0.3 is 4.74 Å². The van der Waals surface area contributed by atoms with E-state index in [9.17, 15) is 9.59 Å². The molecule has 0 saturated carbocycles. The summed E-state index contributed by atoms with van der Waals surface area (Å²) in [6.07, 6.45) is 2.61. The number of benzene rings is 2. The molecule has 144 valence electrons. The number of para-hydroxylation sites is 1. The normalized spacial score (nSPS) is 12.1. The number of amides is 2. The average molecular weight is 386 g/mol. The maximum absolute atomic E-state index is 12.8. The number of pyridine rings is 1. The number of nitrogens with zero attached hydrogens (tertiary/aromatic N) is 2. The molecule has 1 aliphatic rings. The third-order valence-electron chi connectivity index (χ3n) is 4.82. The quantitative estimate of drug-likeness (QED) is 0.670. The zero-order chi connectivity index (χ0) is 20.2. The van der Waals surface area contributed by atoms with Crippen LogP contribution in [-0.4, -0.2) is 23.4 Å². The molecule has 0 aliphatic heterocycles. The second-order valence-corrected chi connectivity index (χ2v) is 6.71. The molecule has 0 radical (unpaired) electrons. The molecule has 1 heterocycles. The molecule has 2 amide bonds. The molecule has 2 aromatic carbocycles. The van der Waals surface area contributed by atoms with E-state index in [2.05, 4.69) is 15.8 Å². The summed E-state index contributed by atoms with van der Waals surface area (Å²) in [6, 6.07) is 15.9.